The maximum absolute atomic E-state index is 14.7. The number of amides is 1. The molecule has 4 fully saturated rings. The number of halogens is 2. The zero-order chi connectivity index (χ0) is 27.9. The summed E-state index contributed by atoms with van der Waals surface area (Å²) in [6, 6.07) is 0.235. The molecule has 4 heterocycles. The molecule has 3 saturated heterocycles. The van der Waals surface area contributed by atoms with E-state index < -0.39 is 27.6 Å². The highest BCUT2D eigenvalue weighted by Gasteiger charge is 2.58. The predicted molar refractivity (Wildman–Crippen MR) is 142 cm³/mol. The van der Waals surface area contributed by atoms with E-state index in [0.29, 0.717) is 43.5 Å². The molecule has 1 aromatic rings. The first-order chi connectivity index (χ1) is 18.2. The van der Waals surface area contributed by atoms with Gasteiger partial charge >= 0.3 is 6.09 Å². The predicted octanol–water partition coefficient (Wildman–Crippen LogP) is 2.68. The fourth-order valence-corrected chi connectivity index (χ4v) is 8.40. The van der Waals surface area contributed by atoms with Crippen molar-refractivity contribution in [2.45, 2.75) is 64.5 Å². The Morgan fingerprint density at radius 3 is 2.31 bits per heavy atom. The number of hydrogen-bond donors (Lipinski definition) is 0. The van der Waals surface area contributed by atoms with Crippen molar-refractivity contribution >= 4 is 27.9 Å². The topological polar surface area (TPSA) is 99.2 Å². The number of piperazine rings is 1. The van der Waals surface area contributed by atoms with Gasteiger partial charge in [0.2, 0.25) is 16.0 Å². The van der Waals surface area contributed by atoms with Crippen LogP contribution in [0.3, 0.4) is 0 Å². The molecule has 6 rings (SSSR count). The second-order valence-electron chi connectivity index (χ2n) is 12.8. The van der Waals surface area contributed by atoms with Crippen molar-refractivity contribution in [1.29, 1.82) is 0 Å². The second kappa shape index (κ2) is 9.12. The Kier molecular flexibility index (Phi) is 6.29. The maximum Gasteiger partial charge on any atom is 0.410 e. The number of fused-ring (bicyclic) bond motifs is 2. The number of carbonyl (C=O) groups excluding carboxylic acids is 1. The average Bonchev–Trinajstić information content (AvgIpc) is 3.15. The second-order valence-corrected chi connectivity index (χ2v) is 14.8. The number of ether oxygens (including phenoxy) is 1. The molecule has 39 heavy (non-hydrogen) atoms. The zero-order valence-electron chi connectivity index (χ0n) is 23.1. The lowest BCUT2D eigenvalue weighted by molar-refractivity contribution is -0.00597. The van der Waals surface area contributed by atoms with E-state index in [4.69, 9.17) is 9.72 Å². The number of alkyl halides is 2. The average molecular weight is 569 g/mol. The Balaban J connectivity index is 1.08. The minimum absolute atomic E-state index is 0.0568. The van der Waals surface area contributed by atoms with Crippen LogP contribution in [0.1, 0.15) is 51.8 Å². The van der Waals surface area contributed by atoms with E-state index in [1.54, 1.807) is 25.7 Å². The van der Waals surface area contributed by atoms with Gasteiger partial charge in [-0.05, 0) is 58.3 Å². The molecule has 1 aromatic heterocycles. The molecule has 10 nitrogen and oxygen atoms in total. The third-order valence-electron chi connectivity index (χ3n) is 8.94. The van der Waals surface area contributed by atoms with Crippen LogP contribution in [0.15, 0.2) is 0 Å². The van der Waals surface area contributed by atoms with Gasteiger partial charge in [0.05, 0.1) is 5.75 Å². The maximum atomic E-state index is 14.7. The van der Waals surface area contributed by atoms with Gasteiger partial charge in [0.25, 0.3) is 5.92 Å². The lowest BCUT2D eigenvalue weighted by atomic mass is 10.1. The number of carbonyl (C=O) groups is 1. The lowest BCUT2D eigenvalue weighted by Gasteiger charge is -2.39. The van der Waals surface area contributed by atoms with Gasteiger partial charge in [-0.15, -0.1) is 0 Å². The van der Waals surface area contributed by atoms with Gasteiger partial charge in [0.15, 0.2) is 0 Å². The van der Waals surface area contributed by atoms with Crippen molar-refractivity contribution in [3.63, 3.8) is 0 Å². The fourth-order valence-electron chi connectivity index (χ4n) is 6.49. The minimum atomic E-state index is -3.47. The largest absolute Gasteiger partial charge is 0.444 e. The summed E-state index contributed by atoms with van der Waals surface area (Å²) in [4.78, 5) is 27.0. The van der Waals surface area contributed by atoms with Gasteiger partial charge in [-0.3, -0.25) is 0 Å². The lowest BCUT2D eigenvalue weighted by Crippen LogP contribution is -2.52. The molecule has 2 aliphatic carbocycles. The van der Waals surface area contributed by atoms with Gasteiger partial charge in [0.1, 0.15) is 17.1 Å². The number of nitrogens with zero attached hydrogens (tertiary/aromatic N) is 6. The van der Waals surface area contributed by atoms with Crippen molar-refractivity contribution in [2.24, 2.45) is 17.8 Å². The fraction of sp³-hybridized carbons (Fsp3) is 0.808. The molecule has 13 heteroatoms. The van der Waals surface area contributed by atoms with Gasteiger partial charge < -0.3 is 19.4 Å². The van der Waals surface area contributed by atoms with Crippen LogP contribution in [0, 0.1) is 17.8 Å². The summed E-state index contributed by atoms with van der Waals surface area (Å²) in [5.74, 6) is -1.39. The van der Waals surface area contributed by atoms with Gasteiger partial charge in [0, 0.05) is 63.8 Å². The number of aromatic nitrogens is 2. The zero-order valence-corrected chi connectivity index (χ0v) is 23.9. The van der Waals surface area contributed by atoms with Crippen molar-refractivity contribution in [2.75, 3.05) is 61.4 Å². The summed E-state index contributed by atoms with van der Waals surface area (Å²) < 4.78 is 62.7. The van der Waals surface area contributed by atoms with E-state index in [9.17, 15) is 22.0 Å². The minimum Gasteiger partial charge on any atom is -0.444 e. The van der Waals surface area contributed by atoms with E-state index >= 15 is 0 Å². The Morgan fingerprint density at radius 2 is 1.74 bits per heavy atom. The molecule has 0 N–H and O–H groups in total. The monoisotopic (exact) mass is 568 g/mol. The van der Waals surface area contributed by atoms with Crippen molar-refractivity contribution in [3.8, 4) is 0 Å². The highest BCUT2D eigenvalue weighted by Crippen LogP contribution is 2.54. The summed E-state index contributed by atoms with van der Waals surface area (Å²) >= 11 is 0. The molecular weight excluding hydrogens is 530 g/mol. The first-order valence-electron chi connectivity index (χ1n) is 14.0. The smallest absolute Gasteiger partial charge is 0.410 e. The molecule has 0 aromatic carbocycles. The molecule has 216 valence electrons. The van der Waals surface area contributed by atoms with E-state index in [1.807, 2.05) is 11.8 Å². The Labute approximate surface area is 228 Å². The molecule has 3 aliphatic heterocycles. The Bertz CT molecular complexity index is 1250. The van der Waals surface area contributed by atoms with Crippen molar-refractivity contribution in [3.05, 3.63) is 11.3 Å². The molecular formula is C26H38F2N6O4S. The molecule has 1 amide bonds. The summed E-state index contributed by atoms with van der Waals surface area (Å²) in [6.45, 7) is 10.6. The first kappa shape index (κ1) is 26.9. The number of piperidine rings is 1. The first-order valence-corrected chi connectivity index (χ1v) is 15.6. The van der Waals surface area contributed by atoms with Crippen molar-refractivity contribution in [1.82, 2.24) is 19.2 Å². The van der Waals surface area contributed by atoms with Crippen LogP contribution in [-0.4, -0.2) is 96.9 Å². The summed E-state index contributed by atoms with van der Waals surface area (Å²) in [7, 11) is -3.47. The van der Waals surface area contributed by atoms with E-state index in [0.717, 1.165) is 13.0 Å². The molecule has 0 spiro atoms. The van der Waals surface area contributed by atoms with E-state index in [2.05, 4.69) is 9.88 Å². The van der Waals surface area contributed by atoms with Gasteiger partial charge in [-0.2, -0.15) is 18.1 Å². The van der Waals surface area contributed by atoms with Gasteiger partial charge in [-0.25, -0.2) is 18.2 Å². The number of anilines is 2. The highest BCUT2D eigenvalue weighted by atomic mass is 32.2. The molecule has 5 aliphatic rings. The third kappa shape index (κ3) is 4.93. The summed E-state index contributed by atoms with van der Waals surface area (Å²) in [5, 5.41) is 0. The Hall–Kier alpha value is -2.28. The molecule has 0 radical (unpaired) electrons. The van der Waals surface area contributed by atoms with Crippen LogP contribution in [0.5, 0.6) is 0 Å². The normalized spacial score (nSPS) is 30.2. The van der Waals surface area contributed by atoms with Crippen molar-refractivity contribution < 1.29 is 26.7 Å². The van der Waals surface area contributed by atoms with Crippen LogP contribution in [-0.2, 0) is 27.1 Å². The Morgan fingerprint density at radius 1 is 1.08 bits per heavy atom. The molecule has 1 saturated carbocycles. The van der Waals surface area contributed by atoms with Crippen LogP contribution in [0.2, 0.25) is 0 Å². The van der Waals surface area contributed by atoms with Gasteiger partial charge in [-0.1, -0.05) is 0 Å². The SMILES string of the molecule is C[C@H]1CCN1c1nc(N2C[C@@H]3C(CS(=O)(=O)N4CCN(C(=O)OC(C)(C)C)CC4)[C@@H]3C2)c2c(n1)C(F)(F)CC2. The molecule has 0 bridgehead atoms. The van der Waals surface area contributed by atoms with Crippen LogP contribution in [0.25, 0.3) is 0 Å². The molecule has 4 atom stereocenters. The van der Waals surface area contributed by atoms with Crippen LogP contribution in [0.4, 0.5) is 25.3 Å². The highest BCUT2D eigenvalue weighted by molar-refractivity contribution is 7.89. The number of hydrogen-bond acceptors (Lipinski definition) is 8. The quantitative estimate of drug-likeness (QED) is 0.535. The number of rotatable bonds is 5. The van der Waals surface area contributed by atoms with Crippen LogP contribution >= 0.6 is 0 Å². The summed E-state index contributed by atoms with van der Waals surface area (Å²) in [6.07, 6.45) is 0.585. The van der Waals surface area contributed by atoms with E-state index in [-0.39, 0.29) is 61.2 Å². The van der Waals surface area contributed by atoms with Crippen LogP contribution < -0.4 is 9.80 Å². The number of sulfonamides is 1. The molecule has 1 unspecified atom stereocenters. The standard InChI is InChI=1S/C26H38F2N6O4S/c1-16-6-8-34(16)23-29-21-17(5-7-26(21,27)28)22(30-23)32-13-18-19(14-32)20(18)15-39(36,37)33-11-9-31(10-12-33)24(35)38-25(2,3)4/h16,18-20H,5-15H2,1-4H3/t16-,18-,19+,20?/m0/s1. The summed E-state index contributed by atoms with van der Waals surface area (Å²) in [5.41, 5.74) is -0.184. The van der Waals surface area contributed by atoms with E-state index in [1.165, 1.54) is 4.31 Å². The third-order valence-corrected chi connectivity index (χ3v) is 10.9.